The monoisotopic (exact) mass is 537 g/mol. The van der Waals surface area contributed by atoms with E-state index in [9.17, 15) is 4.79 Å². The van der Waals surface area contributed by atoms with Crippen molar-refractivity contribution in [2.24, 2.45) is 0 Å². The third-order valence-corrected chi connectivity index (χ3v) is 7.21. The van der Waals surface area contributed by atoms with Crippen LogP contribution < -0.4 is 19.5 Å². The van der Waals surface area contributed by atoms with Gasteiger partial charge in [0.1, 0.15) is 17.2 Å². The minimum Gasteiger partial charge on any atom is -0.497 e. The van der Waals surface area contributed by atoms with E-state index in [4.69, 9.17) is 30.8 Å². The lowest BCUT2D eigenvalue weighted by atomic mass is 10.0. The predicted molar refractivity (Wildman–Crippen MR) is 149 cm³/mol. The topological polar surface area (TPSA) is 85.5 Å². The first kappa shape index (κ1) is 26.4. The average molecular weight is 538 g/mol. The van der Waals surface area contributed by atoms with Gasteiger partial charge in [-0.25, -0.2) is 4.98 Å². The molecular formula is C28H28ClN3O4S. The van der Waals surface area contributed by atoms with Crippen molar-refractivity contribution in [1.29, 1.82) is 0 Å². The maximum absolute atomic E-state index is 13.1. The van der Waals surface area contributed by atoms with Crippen LogP contribution in [0.2, 0.25) is 5.02 Å². The maximum Gasteiger partial charge on any atom is 0.237 e. The molecule has 1 heterocycles. The van der Waals surface area contributed by atoms with Crippen LogP contribution in [0.4, 0.5) is 5.69 Å². The Bertz CT molecular complexity index is 1320. The van der Waals surface area contributed by atoms with Crippen LogP contribution in [0.3, 0.4) is 0 Å². The number of aromatic nitrogens is 2. The molecule has 192 valence electrons. The van der Waals surface area contributed by atoms with Crippen LogP contribution in [0, 0.1) is 6.92 Å². The lowest BCUT2D eigenvalue weighted by molar-refractivity contribution is -0.115. The second-order valence-electron chi connectivity index (χ2n) is 8.27. The zero-order valence-electron chi connectivity index (χ0n) is 21.2. The Hall–Kier alpha value is -3.62. The highest BCUT2D eigenvalue weighted by molar-refractivity contribution is 8.00. The Morgan fingerprint density at radius 2 is 1.54 bits per heavy atom. The molecule has 1 atom stereocenters. The summed E-state index contributed by atoms with van der Waals surface area (Å²) in [5.74, 6) is 1.85. The van der Waals surface area contributed by atoms with Crippen LogP contribution >= 0.6 is 23.4 Å². The summed E-state index contributed by atoms with van der Waals surface area (Å²) >= 11 is 7.54. The summed E-state index contributed by atoms with van der Waals surface area (Å²) in [6, 6.07) is 18.9. The summed E-state index contributed by atoms with van der Waals surface area (Å²) in [6.07, 6.45) is 0. The van der Waals surface area contributed by atoms with E-state index in [2.05, 4.69) is 10.3 Å². The number of ether oxygens (including phenoxy) is 3. The molecule has 37 heavy (non-hydrogen) atoms. The SMILES string of the molecule is COc1ccc(-c2nc(SC(C)C(=O)Nc3cc(C)c(Cl)cc3OC)[nH]c2-c2ccc(OC)cc2)cc1. The molecule has 0 bridgehead atoms. The first-order chi connectivity index (χ1) is 17.8. The summed E-state index contributed by atoms with van der Waals surface area (Å²) < 4.78 is 16.0. The summed E-state index contributed by atoms with van der Waals surface area (Å²) in [5, 5.41) is 3.70. The van der Waals surface area contributed by atoms with E-state index in [-0.39, 0.29) is 5.91 Å². The molecule has 0 aliphatic heterocycles. The average Bonchev–Trinajstić information content (AvgIpc) is 3.34. The number of methoxy groups -OCH3 is 3. The number of nitrogens with one attached hydrogen (secondary N) is 2. The number of imidazole rings is 1. The number of hydrogen-bond acceptors (Lipinski definition) is 6. The van der Waals surface area contributed by atoms with Crippen molar-refractivity contribution in [2.75, 3.05) is 26.6 Å². The number of carbonyl (C=O) groups excluding carboxylic acids is 1. The molecule has 0 spiro atoms. The molecule has 1 amide bonds. The van der Waals surface area contributed by atoms with Gasteiger partial charge in [-0.15, -0.1) is 0 Å². The number of H-pyrrole nitrogens is 1. The molecule has 4 rings (SSSR count). The molecule has 0 saturated heterocycles. The zero-order chi connectivity index (χ0) is 26.5. The van der Waals surface area contributed by atoms with E-state index in [1.54, 1.807) is 33.5 Å². The Kier molecular flexibility index (Phi) is 8.31. The quantitative estimate of drug-likeness (QED) is 0.227. The summed E-state index contributed by atoms with van der Waals surface area (Å²) in [6.45, 7) is 3.71. The van der Waals surface area contributed by atoms with E-state index >= 15 is 0 Å². The largest absolute Gasteiger partial charge is 0.497 e. The van der Waals surface area contributed by atoms with Crippen molar-refractivity contribution in [3.8, 4) is 39.8 Å². The number of halogens is 1. The standard InChI is InChI=1S/C28H28ClN3O4S/c1-16-14-23(24(36-5)15-22(16)29)30-27(33)17(2)37-28-31-25(18-6-10-20(34-3)11-7-18)26(32-28)19-8-12-21(35-4)13-9-19/h6-15,17H,1-5H3,(H,30,33)(H,31,32). The number of aromatic amines is 1. The van der Waals surface area contributed by atoms with Gasteiger partial charge < -0.3 is 24.5 Å². The Balaban J connectivity index is 1.61. The summed E-state index contributed by atoms with van der Waals surface area (Å²) in [7, 11) is 4.81. The van der Waals surface area contributed by atoms with E-state index < -0.39 is 5.25 Å². The van der Waals surface area contributed by atoms with Gasteiger partial charge in [-0.1, -0.05) is 23.4 Å². The smallest absolute Gasteiger partial charge is 0.237 e. The highest BCUT2D eigenvalue weighted by atomic mass is 35.5. The number of amides is 1. The molecule has 2 N–H and O–H groups in total. The second-order valence-corrected chi connectivity index (χ2v) is 10.0. The molecule has 0 radical (unpaired) electrons. The molecular weight excluding hydrogens is 510 g/mol. The normalized spacial score (nSPS) is 11.6. The number of benzene rings is 3. The summed E-state index contributed by atoms with van der Waals surface area (Å²) in [4.78, 5) is 21.3. The van der Waals surface area contributed by atoms with Crippen molar-refractivity contribution in [3.05, 3.63) is 71.2 Å². The van der Waals surface area contributed by atoms with Crippen molar-refractivity contribution in [3.63, 3.8) is 0 Å². The molecule has 0 fully saturated rings. The number of anilines is 1. The van der Waals surface area contributed by atoms with Crippen LogP contribution in [0.5, 0.6) is 17.2 Å². The lowest BCUT2D eigenvalue weighted by Crippen LogP contribution is -2.23. The number of thioether (sulfide) groups is 1. The van der Waals surface area contributed by atoms with Crippen LogP contribution in [0.1, 0.15) is 12.5 Å². The van der Waals surface area contributed by atoms with Gasteiger partial charge >= 0.3 is 0 Å². The molecule has 1 aromatic heterocycles. The van der Waals surface area contributed by atoms with Crippen LogP contribution in [-0.2, 0) is 4.79 Å². The third kappa shape index (κ3) is 6.03. The van der Waals surface area contributed by atoms with Gasteiger partial charge in [-0.3, -0.25) is 4.79 Å². The van der Waals surface area contributed by atoms with Gasteiger partial charge in [0.05, 0.1) is 43.7 Å². The molecule has 9 heteroatoms. The van der Waals surface area contributed by atoms with Crippen LogP contribution in [0.25, 0.3) is 22.5 Å². The fourth-order valence-electron chi connectivity index (χ4n) is 3.72. The van der Waals surface area contributed by atoms with E-state index in [0.717, 1.165) is 39.6 Å². The van der Waals surface area contributed by atoms with Gasteiger partial charge in [0, 0.05) is 22.2 Å². The van der Waals surface area contributed by atoms with Crippen LogP contribution in [-0.4, -0.2) is 42.5 Å². The first-order valence-electron chi connectivity index (χ1n) is 11.5. The van der Waals surface area contributed by atoms with E-state index in [1.807, 2.05) is 62.4 Å². The van der Waals surface area contributed by atoms with Gasteiger partial charge in [-0.2, -0.15) is 0 Å². The Labute approximate surface area is 225 Å². The highest BCUT2D eigenvalue weighted by Gasteiger charge is 2.21. The number of rotatable bonds is 9. The van der Waals surface area contributed by atoms with Crippen LogP contribution in [0.15, 0.2) is 65.8 Å². The van der Waals surface area contributed by atoms with E-state index in [1.165, 1.54) is 11.8 Å². The van der Waals surface area contributed by atoms with Crippen molar-refractivity contribution >= 4 is 35.0 Å². The van der Waals surface area contributed by atoms with E-state index in [0.29, 0.717) is 21.6 Å². The molecule has 0 aliphatic rings. The Morgan fingerprint density at radius 1 is 0.946 bits per heavy atom. The lowest BCUT2D eigenvalue weighted by Gasteiger charge is -2.14. The molecule has 7 nitrogen and oxygen atoms in total. The highest BCUT2D eigenvalue weighted by Crippen LogP contribution is 2.36. The number of carbonyl (C=O) groups is 1. The molecule has 1 unspecified atom stereocenters. The minimum absolute atomic E-state index is 0.182. The minimum atomic E-state index is -0.445. The first-order valence-corrected chi connectivity index (χ1v) is 12.8. The molecule has 0 aliphatic carbocycles. The fourth-order valence-corrected chi connectivity index (χ4v) is 4.68. The van der Waals surface area contributed by atoms with Crippen molar-refractivity contribution in [1.82, 2.24) is 9.97 Å². The second kappa shape index (κ2) is 11.6. The fraction of sp³-hybridized carbons (Fsp3) is 0.214. The van der Waals surface area contributed by atoms with Gasteiger partial charge in [0.15, 0.2) is 5.16 Å². The van der Waals surface area contributed by atoms with Crippen molar-refractivity contribution in [2.45, 2.75) is 24.3 Å². The third-order valence-electron chi connectivity index (χ3n) is 5.82. The van der Waals surface area contributed by atoms with Gasteiger partial charge in [0.2, 0.25) is 5.91 Å². The molecule has 0 saturated carbocycles. The number of aryl methyl sites for hydroxylation is 1. The maximum atomic E-state index is 13.1. The zero-order valence-corrected chi connectivity index (χ0v) is 22.8. The van der Waals surface area contributed by atoms with Crippen molar-refractivity contribution < 1.29 is 19.0 Å². The Morgan fingerprint density at radius 3 is 2.11 bits per heavy atom. The predicted octanol–water partition coefficient (Wildman–Crippen LogP) is 6.85. The molecule has 4 aromatic rings. The number of nitrogens with zero attached hydrogens (tertiary/aromatic N) is 1. The van der Waals surface area contributed by atoms with Gasteiger partial charge in [-0.05, 0) is 74.0 Å². The summed E-state index contributed by atoms with van der Waals surface area (Å²) in [5.41, 5.74) is 4.91. The molecule has 3 aromatic carbocycles. The number of hydrogen-bond donors (Lipinski definition) is 2. The van der Waals surface area contributed by atoms with Gasteiger partial charge in [0.25, 0.3) is 0 Å².